The van der Waals surface area contributed by atoms with E-state index >= 15 is 0 Å². The number of hydrogen-bond donors (Lipinski definition) is 0. The van der Waals surface area contributed by atoms with Gasteiger partial charge < -0.3 is 18.9 Å². The van der Waals surface area contributed by atoms with E-state index in [1.54, 1.807) is 0 Å². The second-order valence-electron chi connectivity index (χ2n) is 3.25. The van der Waals surface area contributed by atoms with Crippen LogP contribution in [0.25, 0.3) is 0 Å². The van der Waals surface area contributed by atoms with Crippen molar-refractivity contribution in [3.05, 3.63) is 36.0 Å². The first-order valence-corrected chi connectivity index (χ1v) is 4.96. The van der Waals surface area contributed by atoms with Crippen LogP contribution >= 0.6 is 0 Å². The molecular formula is C11H6O8. The van der Waals surface area contributed by atoms with Crippen LogP contribution in [0.4, 0.5) is 0 Å². The molecule has 2 rings (SSSR count). The lowest BCUT2D eigenvalue weighted by Gasteiger charge is -2.13. The van der Waals surface area contributed by atoms with Crippen molar-refractivity contribution in [2.75, 3.05) is 6.61 Å². The van der Waals surface area contributed by atoms with Crippen LogP contribution in [0.2, 0.25) is 0 Å². The first-order valence-electron chi connectivity index (χ1n) is 4.96. The Kier molecular flexibility index (Phi) is 3.42. The molecule has 0 aromatic heterocycles. The molecule has 0 atom stereocenters. The molecule has 0 fully saturated rings. The van der Waals surface area contributed by atoms with Gasteiger partial charge in [-0.1, -0.05) is 0 Å². The van der Waals surface area contributed by atoms with Crippen LogP contribution in [0.3, 0.4) is 0 Å². The number of carbonyl (C=O) groups is 4. The summed E-state index contributed by atoms with van der Waals surface area (Å²) in [5.74, 6) is -4.52. The monoisotopic (exact) mass is 266 g/mol. The highest BCUT2D eigenvalue weighted by Crippen LogP contribution is 2.16. The van der Waals surface area contributed by atoms with Crippen LogP contribution in [-0.4, -0.2) is 30.5 Å². The molecule has 2 aliphatic rings. The lowest BCUT2D eigenvalue weighted by molar-refractivity contribution is -0.151. The standard InChI is InChI=1S/C11H6O8/c12-7-1-2-8(13)17-6(5-16-7)11-18-9(14)3-4-10(15)19-11/h1-4H,5H2/b2-1-. The van der Waals surface area contributed by atoms with Crippen LogP contribution in [0.15, 0.2) is 36.0 Å². The summed E-state index contributed by atoms with van der Waals surface area (Å²) < 4.78 is 18.6. The van der Waals surface area contributed by atoms with Crippen molar-refractivity contribution < 1.29 is 38.1 Å². The average Bonchev–Trinajstić information content (AvgIpc) is 2.52. The fraction of sp³-hybridized carbons (Fsp3) is 0.0909. The van der Waals surface area contributed by atoms with Crippen molar-refractivity contribution >= 4 is 23.9 Å². The summed E-state index contributed by atoms with van der Waals surface area (Å²) in [4.78, 5) is 44.6. The number of ether oxygens (including phenoxy) is 4. The Labute approximate surface area is 105 Å². The van der Waals surface area contributed by atoms with Gasteiger partial charge in [0.15, 0.2) is 6.61 Å². The summed E-state index contributed by atoms with van der Waals surface area (Å²) in [7, 11) is 0. The molecule has 0 saturated heterocycles. The molecule has 0 saturated carbocycles. The predicted octanol–water partition coefficient (Wildman–Crippen LogP) is -0.532. The van der Waals surface area contributed by atoms with Gasteiger partial charge in [-0.2, -0.15) is 0 Å². The van der Waals surface area contributed by atoms with Gasteiger partial charge in [0.2, 0.25) is 5.76 Å². The third-order valence-corrected chi connectivity index (χ3v) is 1.89. The summed E-state index contributed by atoms with van der Waals surface area (Å²) in [5.41, 5.74) is 0. The van der Waals surface area contributed by atoms with E-state index in [0.717, 1.165) is 24.3 Å². The summed E-state index contributed by atoms with van der Waals surface area (Å²) in [5, 5.41) is 0. The smallest absolute Gasteiger partial charge is 0.339 e. The summed E-state index contributed by atoms with van der Waals surface area (Å²) in [6.07, 6.45) is 3.37. The van der Waals surface area contributed by atoms with Gasteiger partial charge in [0.05, 0.1) is 0 Å². The predicted molar refractivity (Wildman–Crippen MR) is 54.5 cm³/mol. The first kappa shape index (κ1) is 12.6. The van der Waals surface area contributed by atoms with Crippen molar-refractivity contribution in [2.45, 2.75) is 0 Å². The van der Waals surface area contributed by atoms with Crippen LogP contribution in [0.1, 0.15) is 0 Å². The molecule has 0 aliphatic carbocycles. The highest BCUT2D eigenvalue weighted by molar-refractivity contribution is 5.94. The fourth-order valence-corrected chi connectivity index (χ4v) is 1.13. The lowest BCUT2D eigenvalue weighted by Crippen LogP contribution is -2.18. The number of rotatable bonds is 0. The van der Waals surface area contributed by atoms with E-state index in [1.807, 2.05) is 0 Å². The average molecular weight is 266 g/mol. The third-order valence-electron chi connectivity index (χ3n) is 1.89. The SMILES string of the molecule is O=C1C=CC(=O)OC(=C2COC(=O)/C=C\C(=O)O2)O1. The number of cyclic esters (lactones) is 4. The molecule has 2 heterocycles. The lowest BCUT2D eigenvalue weighted by atomic mass is 10.4. The maximum Gasteiger partial charge on any atom is 0.339 e. The second kappa shape index (κ2) is 5.17. The van der Waals surface area contributed by atoms with E-state index in [0.29, 0.717) is 0 Å². The van der Waals surface area contributed by atoms with Gasteiger partial charge in [0.1, 0.15) is 0 Å². The number of carbonyl (C=O) groups excluding carboxylic acids is 4. The van der Waals surface area contributed by atoms with E-state index in [-0.39, 0.29) is 0 Å². The van der Waals surface area contributed by atoms with Gasteiger partial charge >= 0.3 is 29.8 Å². The highest BCUT2D eigenvalue weighted by atomic mass is 16.7. The van der Waals surface area contributed by atoms with Gasteiger partial charge in [-0.25, -0.2) is 19.2 Å². The van der Waals surface area contributed by atoms with Crippen molar-refractivity contribution in [2.24, 2.45) is 0 Å². The fourth-order valence-electron chi connectivity index (χ4n) is 1.13. The molecule has 0 amide bonds. The largest absolute Gasteiger partial charge is 0.454 e. The van der Waals surface area contributed by atoms with Gasteiger partial charge in [0, 0.05) is 24.3 Å². The van der Waals surface area contributed by atoms with E-state index in [4.69, 9.17) is 4.74 Å². The van der Waals surface area contributed by atoms with E-state index in [2.05, 4.69) is 14.2 Å². The molecule has 0 N–H and O–H groups in total. The summed E-state index contributed by atoms with van der Waals surface area (Å²) >= 11 is 0. The van der Waals surface area contributed by atoms with E-state index in [9.17, 15) is 19.2 Å². The number of esters is 4. The molecule has 2 aliphatic heterocycles. The van der Waals surface area contributed by atoms with Crippen molar-refractivity contribution in [1.82, 2.24) is 0 Å². The van der Waals surface area contributed by atoms with Crippen LogP contribution < -0.4 is 0 Å². The molecular weight excluding hydrogens is 260 g/mol. The van der Waals surface area contributed by atoms with Crippen molar-refractivity contribution in [3.63, 3.8) is 0 Å². The molecule has 0 aromatic rings. The first-order chi connectivity index (χ1) is 9.04. The molecule has 0 radical (unpaired) electrons. The molecule has 8 heteroatoms. The Morgan fingerprint density at radius 2 is 1.16 bits per heavy atom. The van der Waals surface area contributed by atoms with Gasteiger partial charge in [-0.3, -0.25) is 0 Å². The Bertz CT molecular complexity index is 529. The minimum absolute atomic E-state index is 0.395. The minimum Gasteiger partial charge on any atom is -0.454 e. The Balaban J connectivity index is 2.31. The van der Waals surface area contributed by atoms with Gasteiger partial charge in [-0.05, 0) is 0 Å². The second-order valence-corrected chi connectivity index (χ2v) is 3.25. The van der Waals surface area contributed by atoms with Crippen molar-refractivity contribution in [3.8, 4) is 0 Å². The Hall–Kier alpha value is -2.90. The maximum absolute atomic E-state index is 11.2. The third kappa shape index (κ3) is 3.28. The zero-order valence-corrected chi connectivity index (χ0v) is 9.28. The number of hydrogen-bond acceptors (Lipinski definition) is 8. The van der Waals surface area contributed by atoms with Crippen LogP contribution in [-0.2, 0) is 38.1 Å². The molecule has 0 spiro atoms. The van der Waals surface area contributed by atoms with Crippen LogP contribution in [0, 0.1) is 0 Å². The molecule has 0 bridgehead atoms. The molecule has 8 nitrogen and oxygen atoms in total. The Morgan fingerprint density at radius 3 is 1.74 bits per heavy atom. The molecule has 0 unspecified atom stereocenters. The zero-order chi connectivity index (χ0) is 13.8. The molecule has 0 aromatic carbocycles. The maximum atomic E-state index is 11.2. The quantitative estimate of drug-likeness (QED) is 0.425. The van der Waals surface area contributed by atoms with Gasteiger partial charge in [-0.15, -0.1) is 0 Å². The normalized spacial score (nSPS) is 21.5. The van der Waals surface area contributed by atoms with Gasteiger partial charge in [0.25, 0.3) is 0 Å². The van der Waals surface area contributed by atoms with E-state index in [1.165, 1.54) is 0 Å². The Morgan fingerprint density at radius 1 is 0.684 bits per heavy atom. The van der Waals surface area contributed by atoms with Crippen molar-refractivity contribution in [1.29, 1.82) is 0 Å². The minimum atomic E-state index is -0.900. The molecule has 98 valence electrons. The summed E-state index contributed by atoms with van der Waals surface area (Å²) in [6.45, 7) is -0.523. The van der Waals surface area contributed by atoms with Crippen LogP contribution in [0.5, 0.6) is 0 Å². The van der Waals surface area contributed by atoms with E-state index < -0.39 is 42.2 Å². The topological polar surface area (TPSA) is 105 Å². The highest BCUT2D eigenvalue weighted by Gasteiger charge is 2.24. The summed E-state index contributed by atoms with van der Waals surface area (Å²) in [6, 6.07) is 0. The zero-order valence-electron chi connectivity index (χ0n) is 9.28. The molecule has 19 heavy (non-hydrogen) atoms.